The molecule has 3 aromatic carbocycles. The molecule has 0 bridgehead atoms. The zero-order valence-electron chi connectivity index (χ0n) is 20.3. The zero-order chi connectivity index (χ0) is 28.4. The van der Waals surface area contributed by atoms with E-state index in [1.165, 1.54) is 36.5 Å². The number of benzene rings is 3. The van der Waals surface area contributed by atoms with Crippen molar-refractivity contribution >= 4 is 46.9 Å². The number of anilines is 2. The van der Waals surface area contributed by atoms with E-state index in [4.69, 9.17) is 21.1 Å². The normalized spacial score (nSPS) is 11.1. The van der Waals surface area contributed by atoms with Gasteiger partial charge in [0.15, 0.2) is 18.1 Å². The van der Waals surface area contributed by atoms with Crippen molar-refractivity contribution in [2.45, 2.75) is 13.1 Å². The number of alkyl halides is 3. The molecule has 13 heteroatoms. The summed E-state index contributed by atoms with van der Waals surface area (Å²) in [5.41, 5.74) is 1.98. The number of carbonyl (C=O) groups is 3. The van der Waals surface area contributed by atoms with Crippen LogP contribution in [-0.4, -0.2) is 37.1 Å². The van der Waals surface area contributed by atoms with E-state index in [0.717, 1.165) is 12.1 Å². The van der Waals surface area contributed by atoms with Crippen molar-refractivity contribution in [3.05, 3.63) is 82.9 Å². The molecule has 0 saturated carbocycles. The molecule has 0 atom stereocenters. The Bertz CT molecular complexity index is 1380. The van der Waals surface area contributed by atoms with E-state index in [1.807, 2.05) is 0 Å². The van der Waals surface area contributed by atoms with Crippen molar-refractivity contribution in [2.75, 3.05) is 23.8 Å². The van der Waals surface area contributed by atoms with Gasteiger partial charge >= 0.3 is 18.0 Å². The van der Waals surface area contributed by atoms with Gasteiger partial charge in [0.25, 0.3) is 5.91 Å². The van der Waals surface area contributed by atoms with Gasteiger partial charge in [-0.15, -0.1) is 0 Å². The molecule has 0 aliphatic rings. The summed E-state index contributed by atoms with van der Waals surface area (Å²) in [6.45, 7) is 1.49. The molecular weight excluding hydrogens is 541 g/mol. The smallest absolute Gasteiger partial charge is 0.416 e. The minimum atomic E-state index is -4.54. The van der Waals surface area contributed by atoms with E-state index in [1.54, 1.807) is 31.2 Å². The molecule has 3 amide bonds. The van der Waals surface area contributed by atoms with Gasteiger partial charge < -0.3 is 20.1 Å². The number of hydrazone groups is 1. The molecule has 0 heterocycles. The lowest BCUT2D eigenvalue weighted by molar-refractivity contribution is -0.137. The van der Waals surface area contributed by atoms with Crippen LogP contribution in [0.3, 0.4) is 0 Å². The van der Waals surface area contributed by atoms with Gasteiger partial charge in [0.1, 0.15) is 0 Å². The Labute approximate surface area is 225 Å². The summed E-state index contributed by atoms with van der Waals surface area (Å²) in [6.07, 6.45) is -3.28. The summed E-state index contributed by atoms with van der Waals surface area (Å²) in [4.78, 5) is 36.2. The van der Waals surface area contributed by atoms with Crippen LogP contribution in [0.5, 0.6) is 11.5 Å². The quantitative estimate of drug-likeness (QED) is 0.195. The number of amides is 3. The SMILES string of the molecule is CCOc1cc(/C=N\NC(=O)C(=O)Nc2cccc(Cl)c2)ccc1OCC(=O)Nc1cccc(C(F)(F)F)c1. The number of nitrogens with one attached hydrogen (secondary N) is 3. The average Bonchev–Trinajstić information content (AvgIpc) is 2.88. The van der Waals surface area contributed by atoms with Gasteiger partial charge in [0, 0.05) is 16.4 Å². The third-order valence-corrected chi connectivity index (χ3v) is 5.00. The second-order valence-electron chi connectivity index (χ2n) is 7.72. The average molecular weight is 563 g/mol. The van der Waals surface area contributed by atoms with Gasteiger partial charge in [-0.2, -0.15) is 18.3 Å². The number of halogens is 4. The van der Waals surface area contributed by atoms with Crippen LogP contribution in [0.2, 0.25) is 5.02 Å². The van der Waals surface area contributed by atoms with Crippen molar-refractivity contribution in [3.63, 3.8) is 0 Å². The molecule has 204 valence electrons. The molecule has 3 rings (SSSR count). The molecule has 0 aromatic heterocycles. The second kappa shape index (κ2) is 13.3. The third kappa shape index (κ3) is 9.04. The van der Waals surface area contributed by atoms with Crippen molar-refractivity contribution in [1.82, 2.24) is 5.43 Å². The molecule has 3 N–H and O–H groups in total. The maximum Gasteiger partial charge on any atom is 0.416 e. The van der Waals surface area contributed by atoms with E-state index < -0.39 is 36.1 Å². The van der Waals surface area contributed by atoms with E-state index in [0.29, 0.717) is 16.3 Å². The molecule has 0 unspecified atom stereocenters. The third-order valence-electron chi connectivity index (χ3n) is 4.77. The molecular formula is C26H22ClF3N4O5. The van der Waals surface area contributed by atoms with Crippen LogP contribution < -0.4 is 25.5 Å². The van der Waals surface area contributed by atoms with Gasteiger partial charge in [-0.1, -0.05) is 23.7 Å². The fourth-order valence-electron chi connectivity index (χ4n) is 3.08. The Morgan fingerprint density at radius 3 is 2.31 bits per heavy atom. The molecule has 0 aliphatic carbocycles. The Hall–Kier alpha value is -4.58. The molecule has 0 radical (unpaired) electrons. The monoisotopic (exact) mass is 562 g/mol. The van der Waals surface area contributed by atoms with Crippen LogP contribution in [0.4, 0.5) is 24.5 Å². The summed E-state index contributed by atoms with van der Waals surface area (Å²) in [6, 6.07) is 15.0. The first-order valence-electron chi connectivity index (χ1n) is 11.3. The number of carbonyl (C=O) groups excluding carboxylic acids is 3. The highest BCUT2D eigenvalue weighted by Gasteiger charge is 2.30. The van der Waals surface area contributed by atoms with Crippen LogP contribution in [0.25, 0.3) is 0 Å². The number of hydrogen-bond donors (Lipinski definition) is 3. The topological polar surface area (TPSA) is 118 Å². The number of ether oxygens (including phenoxy) is 2. The molecule has 3 aromatic rings. The molecule has 0 aliphatic heterocycles. The van der Waals surface area contributed by atoms with Crippen LogP contribution in [0.1, 0.15) is 18.1 Å². The number of nitrogens with zero attached hydrogens (tertiary/aromatic N) is 1. The van der Waals surface area contributed by atoms with Crippen molar-refractivity contribution < 1.29 is 37.0 Å². The van der Waals surface area contributed by atoms with E-state index >= 15 is 0 Å². The predicted octanol–water partition coefficient (Wildman–Crippen LogP) is 4.86. The molecule has 0 spiro atoms. The lowest BCUT2D eigenvalue weighted by atomic mass is 10.2. The number of rotatable bonds is 9. The first-order valence-corrected chi connectivity index (χ1v) is 11.7. The minimum Gasteiger partial charge on any atom is -0.490 e. The first kappa shape index (κ1) is 29.0. The summed E-state index contributed by atoms with van der Waals surface area (Å²) >= 11 is 5.84. The highest BCUT2D eigenvalue weighted by atomic mass is 35.5. The fourth-order valence-corrected chi connectivity index (χ4v) is 3.27. The lowest BCUT2D eigenvalue weighted by Crippen LogP contribution is -2.32. The van der Waals surface area contributed by atoms with E-state index in [2.05, 4.69) is 21.2 Å². The summed E-state index contributed by atoms with van der Waals surface area (Å²) in [5.74, 6) is -2.20. The van der Waals surface area contributed by atoms with Crippen LogP contribution in [0.15, 0.2) is 71.8 Å². The molecule has 0 saturated heterocycles. The summed E-state index contributed by atoms with van der Waals surface area (Å²) in [5, 5.41) is 8.87. The summed E-state index contributed by atoms with van der Waals surface area (Å²) in [7, 11) is 0. The maximum atomic E-state index is 12.9. The van der Waals surface area contributed by atoms with Gasteiger partial charge in [-0.25, -0.2) is 5.43 Å². The van der Waals surface area contributed by atoms with Crippen molar-refractivity contribution in [3.8, 4) is 11.5 Å². The van der Waals surface area contributed by atoms with Crippen molar-refractivity contribution in [1.29, 1.82) is 0 Å². The van der Waals surface area contributed by atoms with E-state index in [9.17, 15) is 27.6 Å². The maximum absolute atomic E-state index is 12.9. The van der Waals surface area contributed by atoms with E-state index in [-0.39, 0.29) is 23.8 Å². The largest absolute Gasteiger partial charge is 0.490 e. The predicted molar refractivity (Wildman–Crippen MR) is 139 cm³/mol. The zero-order valence-corrected chi connectivity index (χ0v) is 21.1. The molecule has 9 nitrogen and oxygen atoms in total. The fraction of sp³-hybridized carbons (Fsp3) is 0.154. The highest BCUT2D eigenvalue weighted by Crippen LogP contribution is 2.31. The van der Waals surface area contributed by atoms with Gasteiger partial charge in [0.05, 0.1) is 18.4 Å². The van der Waals surface area contributed by atoms with Crippen LogP contribution in [0, 0.1) is 0 Å². The standard InChI is InChI=1S/C26H22ClF3N4O5/c1-2-38-22-11-16(14-31-34-25(37)24(36)33-20-8-4-6-18(27)13-20)9-10-21(22)39-15-23(35)32-19-7-3-5-17(12-19)26(28,29)30/h3-14H,2,15H2,1H3,(H,32,35)(H,33,36)(H,34,37)/b31-14-. The Balaban J connectivity index is 1.57. The summed E-state index contributed by atoms with van der Waals surface area (Å²) < 4.78 is 49.6. The second-order valence-corrected chi connectivity index (χ2v) is 8.15. The van der Waals surface area contributed by atoms with Gasteiger partial charge in [-0.3, -0.25) is 14.4 Å². The van der Waals surface area contributed by atoms with Crippen LogP contribution in [-0.2, 0) is 20.6 Å². The van der Waals surface area contributed by atoms with Crippen molar-refractivity contribution in [2.24, 2.45) is 5.10 Å². The van der Waals surface area contributed by atoms with Gasteiger partial charge in [-0.05, 0) is 67.1 Å². The van der Waals surface area contributed by atoms with Gasteiger partial charge in [0.2, 0.25) is 0 Å². The van der Waals surface area contributed by atoms with Crippen LogP contribution >= 0.6 is 11.6 Å². The molecule has 39 heavy (non-hydrogen) atoms. The minimum absolute atomic E-state index is 0.0293. The first-order chi connectivity index (χ1) is 18.5. The Morgan fingerprint density at radius 1 is 0.897 bits per heavy atom. The Kier molecular flexibility index (Phi) is 9.87. The Morgan fingerprint density at radius 2 is 1.62 bits per heavy atom. The highest BCUT2D eigenvalue weighted by molar-refractivity contribution is 6.39. The number of hydrogen-bond acceptors (Lipinski definition) is 6. The lowest BCUT2D eigenvalue weighted by Gasteiger charge is -2.13. The molecule has 0 fully saturated rings.